The van der Waals surface area contributed by atoms with Gasteiger partial charge in [-0.1, -0.05) is 32.8 Å². The van der Waals surface area contributed by atoms with Crippen molar-refractivity contribution >= 4 is 11.7 Å². The molecule has 0 aromatic carbocycles. The number of carbonyl (C=O) groups excluding carboxylic acids is 1. The van der Waals surface area contributed by atoms with Crippen LogP contribution in [0.4, 0.5) is 5.82 Å². The summed E-state index contributed by atoms with van der Waals surface area (Å²) in [7, 11) is 0. The maximum Gasteiger partial charge on any atom is 0.219 e. The van der Waals surface area contributed by atoms with E-state index in [0.29, 0.717) is 0 Å². The highest BCUT2D eigenvalue weighted by Gasteiger charge is 2.20. The Morgan fingerprint density at radius 2 is 1.76 bits per heavy atom. The molecule has 0 spiro atoms. The molecule has 0 radical (unpaired) electrons. The predicted octanol–water partition coefficient (Wildman–Crippen LogP) is 2.66. The summed E-state index contributed by atoms with van der Waals surface area (Å²) in [5.41, 5.74) is 2.65. The van der Waals surface area contributed by atoms with Crippen LogP contribution in [-0.2, 0) is 17.6 Å². The van der Waals surface area contributed by atoms with Gasteiger partial charge in [-0.15, -0.1) is 0 Å². The maximum absolute atomic E-state index is 11.4. The number of anilines is 1. The first-order chi connectivity index (χ1) is 10.2. The Labute approximate surface area is 128 Å². The highest BCUT2D eigenvalue weighted by molar-refractivity contribution is 5.73. The van der Waals surface area contributed by atoms with Crippen LogP contribution in [0.3, 0.4) is 0 Å². The van der Waals surface area contributed by atoms with Gasteiger partial charge in [0, 0.05) is 38.8 Å². The highest BCUT2D eigenvalue weighted by atomic mass is 16.2. The van der Waals surface area contributed by atoms with Gasteiger partial charge in [-0.3, -0.25) is 4.79 Å². The average Bonchev–Trinajstić information content (AvgIpc) is 2.49. The lowest BCUT2D eigenvalue weighted by Crippen LogP contribution is -2.48. The Morgan fingerprint density at radius 3 is 2.33 bits per heavy atom. The van der Waals surface area contributed by atoms with E-state index in [1.807, 2.05) is 4.90 Å². The Kier molecular flexibility index (Phi) is 5.59. The highest BCUT2D eigenvalue weighted by Crippen LogP contribution is 2.19. The number of amides is 1. The average molecular weight is 289 g/mol. The number of rotatable bonds is 5. The molecule has 0 bridgehead atoms. The van der Waals surface area contributed by atoms with Crippen LogP contribution in [-0.4, -0.2) is 42.0 Å². The third-order valence-corrected chi connectivity index (χ3v) is 4.11. The van der Waals surface area contributed by atoms with E-state index >= 15 is 0 Å². The molecule has 0 saturated carbocycles. The van der Waals surface area contributed by atoms with Gasteiger partial charge in [-0.05, 0) is 24.5 Å². The number of carbonyl (C=O) groups is 1. The van der Waals surface area contributed by atoms with Crippen molar-refractivity contribution in [1.29, 1.82) is 0 Å². The standard InChI is InChI=1S/C17H27N3O/c1-4-6-15-8-9-17(18-16(15)7-5-2)20-12-10-19(11-13-20)14(3)21/h8-9H,4-7,10-13H2,1-3H3. The fourth-order valence-corrected chi connectivity index (χ4v) is 2.90. The minimum absolute atomic E-state index is 0.174. The van der Waals surface area contributed by atoms with Crippen molar-refractivity contribution in [2.45, 2.75) is 46.5 Å². The number of pyridine rings is 1. The molecule has 1 aliphatic heterocycles. The molecule has 0 atom stereocenters. The molecule has 1 saturated heterocycles. The topological polar surface area (TPSA) is 36.4 Å². The molecule has 0 unspecified atom stereocenters. The normalized spacial score (nSPS) is 15.4. The van der Waals surface area contributed by atoms with Gasteiger partial charge in [-0.2, -0.15) is 0 Å². The number of hydrogen-bond donors (Lipinski definition) is 0. The lowest BCUT2D eigenvalue weighted by molar-refractivity contribution is -0.129. The van der Waals surface area contributed by atoms with E-state index in [1.165, 1.54) is 11.3 Å². The molecule has 116 valence electrons. The number of aromatic nitrogens is 1. The van der Waals surface area contributed by atoms with Crippen LogP contribution in [0.15, 0.2) is 12.1 Å². The van der Waals surface area contributed by atoms with Gasteiger partial charge in [0.2, 0.25) is 5.91 Å². The van der Waals surface area contributed by atoms with E-state index < -0.39 is 0 Å². The Balaban J connectivity index is 2.10. The zero-order chi connectivity index (χ0) is 15.2. The fraction of sp³-hybridized carbons (Fsp3) is 0.647. The van der Waals surface area contributed by atoms with Crippen LogP contribution in [0.2, 0.25) is 0 Å². The lowest BCUT2D eigenvalue weighted by Gasteiger charge is -2.35. The van der Waals surface area contributed by atoms with E-state index in [-0.39, 0.29) is 5.91 Å². The Bertz CT molecular complexity index is 479. The number of piperazine rings is 1. The second kappa shape index (κ2) is 7.43. The first kappa shape index (κ1) is 15.8. The third kappa shape index (κ3) is 3.96. The molecule has 1 fully saturated rings. The molecule has 1 aromatic heterocycles. The van der Waals surface area contributed by atoms with Crippen molar-refractivity contribution in [3.8, 4) is 0 Å². The molecule has 1 aliphatic rings. The quantitative estimate of drug-likeness (QED) is 0.836. The second-order valence-corrected chi connectivity index (χ2v) is 5.77. The van der Waals surface area contributed by atoms with Crippen molar-refractivity contribution in [2.24, 2.45) is 0 Å². The van der Waals surface area contributed by atoms with Gasteiger partial charge < -0.3 is 9.80 Å². The molecule has 2 rings (SSSR count). The first-order valence-corrected chi connectivity index (χ1v) is 8.15. The molecule has 2 heterocycles. The molecule has 0 aliphatic carbocycles. The first-order valence-electron chi connectivity index (χ1n) is 8.15. The van der Waals surface area contributed by atoms with E-state index in [1.54, 1.807) is 6.92 Å². The molecular formula is C17H27N3O. The third-order valence-electron chi connectivity index (χ3n) is 4.11. The monoisotopic (exact) mass is 289 g/mol. The summed E-state index contributed by atoms with van der Waals surface area (Å²) in [5, 5.41) is 0. The minimum Gasteiger partial charge on any atom is -0.353 e. The van der Waals surface area contributed by atoms with Gasteiger partial charge in [0.15, 0.2) is 0 Å². The largest absolute Gasteiger partial charge is 0.353 e. The molecular weight excluding hydrogens is 262 g/mol. The van der Waals surface area contributed by atoms with Crippen LogP contribution in [0, 0.1) is 0 Å². The van der Waals surface area contributed by atoms with Crippen molar-refractivity contribution in [3.05, 3.63) is 23.4 Å². The summed E-state index contributed by atoms with van der Waals surface area (Å²) < 4.78 is 0. The van der Waals surface area contributed by atoms with E-state index in [0.717, 1.165) is 57.7 Å². The summed E-state index contributed by atoms with van der Waals surface area (Å²) in [6.45, 7) is 9.43. The van der Waals surface area contributed by atoms with Crippen molar-refractivity contribution in [1.82, 2.24) is 9.88 Å². The zero-order valence-corrected chi connectivity index (χ0v) is 13.6. The molecule has 4 heteroatoms. The number of aryl methyl sites for hydroxylation is 2. The van der Waals surface area contributed by atoms with E-state index in [9.17, 15) is 4.79 Å². The molecule has 1 aromatic rings. The molecule has 21 heavy (non-hydrogen) atoms. The predicted molar refractivity (Wildman–Crippen MR) is 86.7 cm³/mol. The molecule has 0 N–H and O–H groups in total. The Hall–Kier alpha value is -1.58. The number of hydrogen-bond acceptors (Lipinski definition) is 3. The summed E-state index contributed by atoms with van der Waals surface area (Å²) in [6.07, 6.45) is 4.46. The minimum atomic E-state index is 0.174. The van der Waals surface area contributed by atoms with Gasteiger partial charge >= 0.3 is 0 Å². The van der Waals surface area contributed by atoms with Gasteiger partial charge in [-0.25, -0.2) is 4.98 Å². The van der Waals surface area contributed by atoms with Crippen molar-refractivity contribution < 1.29 is 4.79 Å². The van der Waals surface area contributed by atoms with Gasteiger partial charge in [0.05, 0.1) is 0 Å². The maximum atomic E-state index is 11.4. The summed E-state index contributed by atoms with van der Waals surface area (Å²) in [5.74, 6) is 1.24. The summed E-state index contributed by atoms with van der Waals surface area (Å²) in [4.78, 5) is 20.5. The molecule has 4 nitrogen and oxygen atoms in total. The van der Waals surface area contributed by atoms with Crippen LogP contribution in [0.25, 0.3) is 0 Å². The summed E-state index contributed by atoms with van der Waals surface area (Å²) in [6, 6.07) is 4.39. The SMILES string of the molecule is CCCc1ccc(N2CCN(C(C)=O)CC2)nc1CCC. The number of nitrogens with zero attached hydrogens (tertiary/aromatic N) is 3. The Morgan fingerprint density at radius 1 is 1.10 bits per heavy atom. The summed E-state index contributed by atoms with van der Waals surface area (Å²) >= 11 is 0. The van der Waals surface area contributed by atoms with Crippen LogP contribution in [0.5, 0.6) is 0 Å². The van der Waals surface area contributed by atoms with Crippen LogP contribution < -0.4 is 4.90 Å². The lowest BCUT2D eigenvalue weighted by atomic mass is 10.1. The zero-order valence-electron chi connectivity index (χ0n) is 13.6. The van der Waals surface area contributed by atoms with E-state index in [2.05, 4.69) is 30.9 Å². The smallest absolute Gasteiger partial charge is 0.219 e. The van der Waals surface area contributed by atoms with E-state index in [4.69, 9.17) is 4.98 Å². The van der Waals surface area contributed by atoms with Crippen molar-refractivity contribution in [3.63, 3.8) is 0 Å². The van der Waals surface area contributed by atoms with Crippen LogP contribution >= 0.6 is 0 Å². The fourth-order valence-electron chi connectivity index (χ4n) is 2.90. The van der Waals surface area contributed by atoms with Crippen LogP contribution in [0.1, 0.15) is 44.9 Å². The molecule has 1 amide bonds. The van der Waals surface area contributed by atoms with Crippen molar-refractivity contribution in [2.75, 3.05) is 31.1 Å². The van der Waals surface area contributed by atoms with Gasteiger partial charge in [0.1, 0.15) is 5.82 Å². The van der Waals surface area contributed by atoms with Gasteiger partial charge in [0.25, 0.3) is 0 Å². The second-order valence-electron chi connectivity index (χ2n) is 5.77.